The maximum absolute atomic E-state index is 2.56. The van der Waals surface area contributed by atoms with Gasteiger partial charge in [0, 0.05) is 3.92 Å². The summed E-state index contributed by atoms with van der Waals surface area (Å²) in [5, 5.41) is 0. The van der Waals surface area contributed by atoms with Crippen molar-refractivity contribution in [1.29, 1.82) is 0 Å². The number of hydrogen-bond donors (Lipinski definition) is 0. The van der Waals surface area contributed by atoms with E-state index in [1.54, 1.807) is 0 Å². The van der Waals surface area contributed by atoms with E-state index in [1.165, 1.54) is 24.0 Å². The first-order valence-corrected chi connectivity index (χ1v) is 6.63. The lowest BCUT2D eigenvalue weighted by Crippen LogP contribution is -2.02. The smallest absolute Gasteiger partial charge is 0.0385 e. The van der Waals surface area contributed by atoms with Crippen molar-refractivity contribution in [3.05, 3.63) is 35.4 Å². The molecule has 0 aromatic heterocycles. The van der Waals surface area contributed by atoms with E-state index in [9.17, 15) is 0 Å². The number of hydrogen-bond acceptors (Lipinski definition) is 0. The average Bonchev–Trinajstić information content (AvgIpc) is 2.18. The van der Waals surface area contributed by atoms with Crippen LogP contribution in [0.4, 0.5) is 0 Å². The molecule has 0 bridgehead atoms. The van der Waals surface area contributed by atoms with Crippen molar-refractivity contribution < 1.29 is 0 Å². The van der Waals surface area contributed by atoms with Crippen molar-refractivity contribution in [3.8, 4) is 0 Å². The molecule has 78 valence electrons. The normalized spacial score (nSPS) is 13.2. The van der Waals surface area contributed by atoms with E-state index in [1.807, 2.05) is 0 Å². The lowest BCUT2D eigenvalue weighted by molar-refractivity contribution is 0.646. The van der Waals surface area contributed by atoms with Crippen LogP contribution in [0.3, 0.4) is 0 Å². The highest BCUT2D eigenvalue weighted by Gasteiger charge is 2.14. The fraction of sp³-hybridized carbons (Fsp3) is 0.538. The van der Waals surface area contributed by atoms with Crippen molar-refractivity contribution in [2.24, 2.45) is 5.92 Å². The van der Waals surface area contributed by atoms with Gasteiger partial charge < -0.3 is 0 Å². The van der Waals surface area contributed by atoms with E-state index in [0.29, 0.717) is 9.84 Å². The molecule has 0 radical (unpaired) electrons. The van der Waals surface area contributed by atoms with Gasteiger partial charge in [0.05, 0.1) is 0 Å². The van der Waals surface area contributed by atoms with Gasteiger partial charge in [0.1, 0.15) is 0 Å². The summed E-state index contributed by atoms with van der Waals surface area (Å²) in [5.41, 5.74) is 3.06. The second kappa shape index (κ2) is 5.74. The topological polar surface area (TPSA) is 0 Å². The van der Waals surface area contributed by atoms with Crippen LogP contribution in [0.25, 0.3) is 0 Å². The number of rotatable bonds is 4. The lowest BCUT2D eigenvalue weighted by Gasteiger charge is -2.17. The molecule has 1 aromatic carbocycles. The Morgan fingerprint density at radius 3 is 2.43 bits per heavy atom. The highest BCUT2D eigenvalue weighted by atomic mass is 127. The molecule has 0 nitrogen and oxygen atoms in total. The Bertz CT molecular complexity index is 278. The lowest BCUT2D eigenvalue weighted by atomic mass is 9.96. The fourth-order valence-corrected chi connectivity index (χ4v) is 2.27. The standard InChI is InChI=1S/C13H19I/c1-4-7-11-8-5-6-9-12(11)13(14)10(2)3/h5-6,8-10,13H,4,7H2,1-3H3/t13-/m0/s1. The Hall–Kier alpha value is -0.0500. The molecule has 0 fully saturated rings. The average molecular weight is 302 g/mol. The van der Waals surface area contributed by atoms with Crippen LogP contribution in [0.2, 0.25) is 0 Å². The van der Waals surface area contributed by atoms with Crippen LogP contribution in [0, 0.1) is 5.92 Å². The molecule has 0 spiro atoms. The van der Waals surface area contributed by atoms with Gasteiger partial charge >= 0.3 is 0 Å². The molecule has 1 aromatic rings. The number of halogens is 1. The van der Waals surface area contributed by atoms with Crippen molar-refractivity contribution in [3.63, 3.8) is 0 Å². The van der Waals surface area contributed by atoms with Gasteiger partial charge in [-0.2, -0.15) is 0 Å². The number of benzene rings is 1. The molecule has 0 amide bonds. The maximum atomic E-state index is 2.56. The molecule has 1 heteroatoms. The van der Waals surface area contributed by atoms with E-state index < -0.39 is 0 Å². The second-order valence-electron chi connectivity index (χ2n) is 4.09. The Balaban J connectivity index is 2.94. The minimum absolute atomic E-state index is 0.648. The summed E-state index contributed by atoms with van der Waals surface area (Å²) in [6.45, 7) is 6.83. The van der Waals surface area contributed by atoms with E-state index >= 15 is 0 Å². The minimum Gasteiger partial charge on any atom is -0.0771 e. The zero-order chi connectivity index (χ0) is 10.6. The Morgan fingerprint density at radius 2 is 1.86 bits per heavy atom. The molecule has 1 atom stereocenters. The van der Waals surface area contributed by atoms with Gasteiger partial charge in [-0.3, -0.25) is 0 Å². The van der Waals surface area contributed by atoms with Gasteiger partial charge in [-0.1, -0.05) is 74.0 Å². The van der Waals surface area contributed by atoms with Gasteiger partial charge in [0.25, 0.3) is 0 Å². The van der Waals surface area contributed by atoms with Crippen LogP contribution < -0.4 is 0 Å². The van der Waals surface area contributed by atoms with E-state index in [4.69, 9.17) is 0 Å². The number of aryl methyl sites for hydroxylation is 1. The number of alkyl halides is 1. The van der Waals surface area contributed by atoms with Gasteiger partial charge in [-0.05, 0) is 23.5 Å². The molecule has 1 rings (SSSR count). The predicted molar refractivity (Wildman–Crippen MR) is 72.0 cm³/mol. The molecular weight excluding hydrogens is 283 g/mol. The van der Waals surface area contributed by atoms with Crippen LogP contribution in [-0.2, 0) is 6.42 Å². The summed E-state index contributed by atoms with van der Waals surface area (Å²) in [7, 11) is 0. The van der Waals surface area contributed by atoms with Gasteiger partial charge in [0.2, 0.25) is 0 Å². The summed E-state index contributed by atoms with van der Waals surface area (Å²) in [6, 6.07) is 8.86. The molecule has 0 heterocycles. The molecule has 0 aliphatic carbocycles. The zero-order valence-electron chi connectivity index (χ0n) is 9.26. The highest BCUT2D eigenvalue weighted by molar-refractivity contribution is 14.1. The van der Waals surface area contributed by atoms with E-state index in [2.05, 4.69) is 67.6 Å². The summed E-state index contributed by atoms with van der Waals surface area (Å²) < 4.78 is 0.648. The molecule has 0 unspecified atom stereocenters. The van der Waals surface area contributed by atoms with Gasteiger partial charge in [0.15, 0.2) is 0 Å². The predicted octanol–water partition coefficient (Wildman–Crippen LogP) is 4.77. The monoisotopic (exact) mass is 302 g/mol. The van der Waals surface area contributed by atoms with Crippen molar-refractivity contribution >= 4 is 22.6 Å². The zero-order valence-corrected chi connectivity index (χ0v) is 11.4. The van der Waals surface area contributed by atoms with Crippen molar-refractivity contribution in [2.75, 3.05) is 0 Å². The quantitative estimate of drug-likeness (QED) is 0.555. The molecule has 14 heavy (non-hydrogen) atoms. The van der Waals surface area contributed by atoms with E-state index in [0.717, 1.165) is 0 Å². The fourth-order valence-electron chi connectivity index (χ4n) is 1.66. The van der Waals surface area contributed by atoms with Crippen LogP contribution in [0.15, 0.2) is 24.3 Å². The Labute approximate surface area is 101 Å². The summed E-state index contributed by atoms with van der Waals surface area (Å²) in [6.07, 6.45) is 2.45. The molecule has 0 N–H and O–H groups in total. The minimum atomic E-state index is 0.648. The second-order valence-corrected chi connectivity index (χ2v) is 5.44. The third kappa shape index (κ3) is 2.97. The third-order valence-electron chi connectivity index (χ3n) is 2.46. The summed E-state index contributed by atoms with van der Waals surface area (Å²) >= 11 is 2.56. The molecule has 0 aliphatic rings. The van der Waals surface area contributed by atoms with Crippen LogP contribution in [0.5, 0.6) is 0 Å². The summed E-state index contributed by atoms with van der Waals surface area (Å²) in [4.78, 5) is 0. The molecular formula is C13H19I. The van der Waals surface area contributed by atoms with Crippen LogP contribution in [0.1, 0.15) is 42.2 Å². The van der Waals surface area contributed by atoms with Crippen LogP contribution in [-0.4, -0.2) is 0 Å². The SMILES string of the molecule is CCCc1ccccc1[C@@H](I)C(C)C. The summed E-state index contributed by atoms with van der Waals surface area (Å²) in [5.74, 6) is 0.716. The molecule has 0 saturated carbocycles. The molecule has 0 aliphatic heterocycles. The van der Waals surface area contributed by atoms with E-state index in [-0.39, 0.29) is 0 Å². The first-order valence-electron chi connectivity index (χ1n) is 5.38. The first-order chi connectivity index (χ1) is 6.66. The third-order valence-corrected chi connectivity index (χ3v) is 4.57. The van der Waals surface area contributed by atoms with Crippen molar-refractivity contribution in [2.45, 2.75) is 37.5 Å². The maximum Gasteiger partial charge on any atom is 0.0385 e. The largest absolute Gasteiger partial charge is 0.0771 e. The van der Waals surface area contributed by atoms with Gasteiger partial charge in [-0.25, -0.2) is 0 Å². The first kappa shape index (κ1) is 12.0. The van der Waals surface area contributed by atoms with Gasteiger partial charge in [-0.15, -0.1) is 0 Å². The van der Waals surface area contributed by atoms with Crippen LogP contribution >= 0.6 is 22.6 Å². The molecule has 0 saturated heterocycles. The Morgan fingerprint density at radius 1 is 1.21 bits per heavy atom. The highest BCUT2D eigenvalue weighted by Crippen LogP contribution is 2.33. The Kier molecular flexibility index (Phi) is 4.93. The van der Waals surface area contributed by atoms with Crippen molar-refractivity contribution in [1.82, 2.24) is 0 Å².